The van der Waals surface area contributed by atoms with Crippen molar-refractivity contribution in [1.29, 1.82) is 0 Å². The van der Waals surface area contributed by atoms with E-state index in [1.165, 1.54) is 0 Å². The highest BCUT2D eigenvalue weighted by Crippen LogP contribution is 2.21. The monoisotopic (exact) mass is 521 g/mol. The molecule has 1 atom stereocenters. The van der Waals surface area contributed by atoms with Crippen LogP contribution in [0, 0.1) is 3.57 Å². The van der Waals surface area contributed by atoms with Gasteiger partial charge in [0.2, 0.25) is 11.7 Å². The van der Waals surface area contributed by atoms with Gasteiger partial charge in [0.1, 0.15) is 18.0 Å². The quantitative estimate of drug-likeness (QED) is 0.385. The van der Waals surface area contributed by atoms with Crippen LogP contribution in [0.4, 0.5) is 0 Å². The second-order valence-electron chi connectivity index (χ2n) is 6.76. The van der Waals surface area contributed by atoms with Gasteiger partial charge < -0.3 is 18.9 Å². The van der Waals surface area contributed by atoms with E-state index in [1.807, 2.05) is 62.4 Å². The lowest BCUT2D eigenvalue weighted by Gasteiger charge is -2.27. The van der Waals surface area contributed by atoms with Crippen molar-refractivity contribution in [3.8, 4) is 22.9 Å². The molecule has 0 unspecified atom stereocenters. The fourth-order valence-corrected chi connectivity index (χ4v) is 3.15. The second kappa shape index (κ2) is 10.4. The Kier molecular flexibility index (Phi) is 7.67. The van der Waals surface area contributed by atoms with E-state index in [0.29, 0.717) is 17.5 Å². The minimum atomic E-state index is -0.132. The summed E-state index contributed by atoms with van der Waals surface area (Å²) in [5.41, 5.74) is 0.814. The van der Waals surface area contributed by atoms with Gasteiger partial charge in [0, 0.05) is 15.2 Å². The molecule has 0 bridgehead atoms. The third-order valence-electron chi connectivity index (χ3n) is 4.74. The van der Waals surface area contributed by atoms with Crippen LogP contribution in [0.25, 0.3) is 11.4 Å². The summed E-state index contributed by atoms with van der Waals surface area (Å²) in [4.78, 5) is 19.0. The number of rotatable bonds is 9. The molecular formula is C22H24IN3O4. The average molecular weight is 521 g/mol. The number of hydrogen-bond donors (Lipinski definition) is 0. The third kappa shape index (κ3) is 5.71. The molecule has 30 heavy (non-hydrogen) atoms. The molecule has 0 fully saturated rings. The Morgan fingerprint density at radius 2 is 1.80 bits per heavy atom. The van der Waals surface area contributed by atoms with Crippen molar-refractivity contribution in [2.24, 2.45) is 0 Å². The van der Waals surface area contributed by atoms with Crippen molar-refractivity contribution in [3.05, 3.63) is 58.0 Å². The molecule has 1 aromatic heterocycles. The van der Waals surface area contributed by atoms with Crippen LogP contribution in [0.1, 0.15) is 26.2 Å². The molecule has 2 aromatic carbocycles. The van der Waals surface area contributed by atoms with Crippen molar-refractivity contribution in [3.63, 3.8) is 0 Å². The van der Waals surface area contributed by atoms with E-state index < -0.39 is 0 Å². The first-order valence-electron chi connectivity index (χ1n) is 9.65. The first-order valence-corrected chi connectivity index (χ1v) is 10.7. The molecule has 0 aliphatic heterocycles. The maximum Gasteiger partial charge on any atom is 0.261 e. The molecule has 8 heteroatoms. The van der Waals surface area contributed by atoms with Crippen LogP contribution in [0.2, 0.25) is 0 Å². The van der Waals surface area contributed by atoms with Gasteiger partial charge in [-0.25, -0.2) is 0 Å². The van der Waals surface area contributed by atoms with Crippen LogP contribution in [0.15, 0.2) is 53.1 Å². The molecule has 3 aromatic rings. The topological polar surface area (TPSA) is 77.7 Å². The Balaban J connectivity index is 1.67. The Hall–Kier alpha value is -2.62. The lowest BCUT2D eigenvalue weighted by Crippen LogP contribution is -2.40. The first kappa shape index (κ1) is 22.1. The van der Waals surface area contributed by atoms with Crippen molar-refractivity contribution < 1.29 is 18.8 Å². The van der Waals surface area contributed by atoms with E-state index in [1.54, 1.807) is 12.0 Å². The molecule has 0 spiro atoms. The van der Waals surface area contributed by atoms with E-state index in [0.717, 1.165) is 21.3 Å². The van der Waals surface area contributed by atoms with Gasteiger partial charge in [-0.15, -0.1) is 0 Å². The van der Waals surface area contributed by atoms with Gasteiger partial charge in [-0.3, -0.25) is 4.79 Å². The molecule has 0 saturated heterocycles. The summed E-state index contributed by atoms with van der Waals surface area (Å²) in [5, 5.41) is 4.04. The maximum absolute atomic E-state index is 12.8. The van der Waals surface area contributed by atoms with E-state index >= 15 is 0 Å². The number of aromatic nitrogens is 2. The molecule has 0 aliphatic rings. The summed E-state index contributed by atoms with van der Waals surface area (Å²) in [6, 6.07) is 15.0. The number of nitrogens with zero attached hydrogens (tertiary/aromatic N) is 3. The van der Waals surface area contributed by atoms with Crippen LogP contribution in [-0.4, -0.2) is 40.7 Å². The largest absolute Gasteiger partial charge is 0.497 e. The van der Waals surface area contributed by atoms with Crippen LogP contribution < -0.4 is 9.47 Å². The van der Waals surface area contributed by atoms with Gasteiger partial charge in [-0.2, -0.15) is 4.98 Å². The van der Waals surface area contributed by atoms with Gasteiger partial charge in [-0.1, -0.05) is 12.1 Å². The van der Waals surface area contributed by atoms with Crippen LogP contribution in [0.5, 0.6) is 11.5 Å². The predicted octanol–water partition coefficient (Wildman–Crippen LogP) is 4.56. The standard InChI is InChI=1S/C22H24IN3O4/c1-4-15(2)26(21(27)14-29-19-11-7-17(23)8-12-19)13-20-24-22(25-30-20)16-5-9-18(28-3)10-6-16/h5-12,15H,4,13-14H2,1-3H3/t15-/m0/s1. The summed E-state index contributed by atoms with van der Waals surface area (Å²) in [5.74, 6) is 2.13. The van der Waals surface area contributed by atoms with Gasteiger partial charge in [0.25, 0.3) is 5.91 Å². The number of ether oxygens (including phenoxy) is 2. The van der Waals surface area contributed by atoms with Gasteiger partial charge in [-0.05, 0) is 84.5 Å². The summed E-state index contributed by atoms with van der Waals surface area (Å²) >= 11 is 2.22. The van der Waals surface area contributed by atoms with Crippen LogP contribution in [-0.2, 0) is 11.3 Å². The zero-order chi connectivity index (χ0) is 21.5. The molecule has 0 radical (unpaired) electrons. The maximum atomic E-state index is 12.8. The number of carbonyl (C=O) groups excluding carboxylic acids is 1. The highest BCUT2D eigenvalue weighted by Gasteiger charge is 2.23. The van der Waals surface area contributed by atoms with E-state index in [9.17, 15) is 4.79 Å². The van der Waals surface area contributed by atoms with E-state index in [4.69, 9.17) is 14.0 Å². The number of halogens is 1. The number of amides is 1. The van der Waals surface area contributed by atoms with E-state index in [-0.39, 0.29) is 25.1 Å². The number of methoxy groups -OCH3 is 1. The highest BCUT2D eigenvalue weighted by molar-refractivity contribution is 14.1. The Bertz CT molecular complexity index is 957. The first-order chi connectivity index (χ1) is 14.5. The van der Waals surface area contributed by atoms with Crippen molar-refractivity contribution in [2.75, 3.05) is 13.7 Å². The molecule has 0 aliphatic carbocycles. The lowest BCUT2D eigenvalue weighted by molar-refractivity contribution is -0.136. The molecular weight excluding hydrogens is 497 g/mol. The normalized spacial score (nSPS) is 11.7. The fourth-order valence-electron chi connectivity index (χ4n) is 2.79. The zero-order valence-corrected chi connectivity index (χ0v) is 19.3. The summed E-state index contributed by atoms with van der Waals surface area (Å²) in [7, 11) is 1.62. The van der Waals surface area contributed by atoms with Crippen LogP contribution >= 0.6 is 22.6 Å². The molecule has 3 rings (SSSR count). The third-order valence-corrected chi connectivity index (χ3v) is 5.46. The molecule has 7 nitrogen and oxygen atoms in total. The average Bonchev–Trinajstić information content (AvgIpc) is 3.25. The van der Waals surface area contributed by atoms with Crippen molar-refractivity contribution >= 4 is 28.5 Å². The number of benzene rings is 2. The summed E-state index contributed by atoms with van der Waals surface area (Å²) < 4.78 is 17.3. The minimum Gasteiger partial charge on any atom is -0.497 e. The highest BCUT2D eigenvalue weighted by atomic mass is 127. The van der Waals surface area contributed by atoms with Crippen LogP contribution in [0.3, 0.4) is 0 Å². The molecule has 1 amide bonds. The Morgan fingerprint density at radius 3 is 2.43 bits per heavy atom. The van der Waals surface area contributed by atoms with Gasteiger partial charge in [0.15, 0.2) is 6.61 Å². The smallest absolute Gasteiger partial charge is 0.261 e. The Morgan fingerprint density at radius 1 is 1.13 bits per heavy atom. The SMILES string of the molecule is CC[C@H](C)N(Cc1nc(-c2ccc(OC)cc2)no1)C(=O)COc1ccc(I)cc1. The van der Waals surface area contributed by atoms with Gasteiger partial charge >= 0.3 is 0 Å². The fraction of sp³-hybridized carbons (Fsp3) is 0.318. The molecule has 0 saturated carbocycles. The molecule has 1 heterocycles. The lowest BCUT2D eigenvalue weighted by atomic mass is 10.2. The van der Waals surface area contributed by atoms with Crippen molar-refractivity contribution in [2.45, 2.75) is 32.9 Å². The number of hydrogen-bond acceptors (Lipinski definition) is 6. The second-order valence-corrected chi connectivity index (χ2v) is 8.01. The summed E-state index contributed by atoms with van der Waals surface area (Å²) in [6.07, 6.45) is 0.800. The molecule has 0 N–H and O–H groups in total. The minimum absolute atomic E-state index is 0.00848. The van der Waals surface area contributed by atoms with Crippen molar-refractivity contribution in [1.82, 2.24) is 15.0 Å². The van der Waals surface area contributed by atoms with Gasteiger partial charge in [0.05, 0.1) is 7.11 Å². The van der Waals surface area contributed by atoms with E-state index in [2.05, 4.69) is 32.7 Å². The molecule has 158 valence electrons. The number of carbonyl (C=O) groups is 1. The Labute approximate surface area is 189 Å². The predicted molar refractivity (Wildman–Crippen MR) is 121 cm³/mol. The summed E-state index contributed by atoms with van der Waals surface area (Å²) in [6.45, 7) is 4.20. The zero-order valence-electron chi connectivity index (χ0n) is 17.2.